The standard InChI is InChI=1S/Mn.H3N.H2O4S/c;;1-5(2,3)4/h;1H3;(H2,1,2,3,4). The fourth-order valence-electron chi connectivity index (χ4n) is 0. The van der Waals surface area contributed by atoms with Gasteiger partial charge in [-0.05, 0) is 0 Å². The summed E-state index contributed by atoms with van der Waals surface area (Å²) in [7, 11) is -4.67. The Kier molecular flexibility index (Phi) is 10.1. The molecule has 0 aliphatic carbocycles. The summed E-state index contributed by atoms with van der Waals surface area (Å²) in [6.45, 7) is 0. The summed E-state index contributed by atoms with van der Waals surface area (Å²) in [5.74, 6) is 0. The third kappa shape index (κ3) is 983. The molecule has 0 amide bonds. The van der Waals surface area contributed by atoms with E-state index in [2.05, 4.69) is 0 Å². The van der Waals surface area contributed by atoms with Gasteiger partial charge in [0.1, 0.15) is 0 Å². The molecule has 7 heteroatoms. The van der Waals surface area contributed by atoms with Gasteiger partial charge in [-0.2, -0.15) is 8.42 Å². The molecule has 0 aromatic heterocycles. The van der Waals surface area contributed by atoms with Crippen molar-refractivity contribution in [2.75, 3.05) is 0 Å². The summed E-state index contributed by atoms with van der Waals surface area (Å²) in [6.07, 6.45) is 0. The van der Waals surface area contributed by atoms with Gasteiger partial charge in [0.2, 0.25) is 0 Å². The topological polar surface area (TPSA) is 110 Å². The van der Waals surface area contributed by atoms with Gasteiger partial charge in [-0.15, -0.1) is 0 Å². The first-order valence-corrected chi connectivity index (χ1v) is 2.10. The van der Waals surface area contributed by atoms with E-state index in [4.69, 9.17) is 17.5 Å². The zero-order chi connectivity index (χ0) is 4.50. The van der Waals surface area contributed by atoms with Gasteiger partial charge < -0.3 is 6.15 Å². The van der Waals surface area contributed by atoms with Crippen molar-refractivity contribution in [3.63, 3.8) is 0 Å². The molecule has 0 unspecified atom stereocenters. The van der Waals surface area contributed by atoms with Crippen LogP contribution in [-0.2, 0) is 27.5 Å². The quantitative estimate of drug-likeness (QED) is 0.335. The van der Waals surface area contributed by atoms with Crippen molar-refractivity contribution in [1.29, 1.82) is 0 Å². The number of hydrogen-bond acceptors (Lipinski definition) is 3. The van der Waals surface area contributed by atoms with Gasteiger partial charge in [-0.1, -0.05) is 0 Å². The van der Waals surface area contributed by atoms with Gasteiger partial charge in [0.25, 0.3) is 0 Å². The zero-order valence-corrected chi connectivity index (χ0v) is 5.20. The predicted octanol–water partition coefficient (Wildman–Crippen LogP) is -0.493. The molecule has 47 valence electrons. The first kappa shape index (κ1) is 15.7. The first-order chi connectivity index (χ1) is 2.00. The summed E-state index contributed by atoms with van der Waals surface area (Å²) in [4.78, 5) is 0. The average Bonchev–Trinajstić information content (AvgIpc) is 0.722. The Morgan fingerprint density at radius 2 is 1.14 bits per heavy atom. The van der Waals surface area contributed by atoms with Crippen molar-refractivity contribution in [1.82, 2.24) is 6.15 Å². The van der Waals surface area contributed by atoms with E-state index >= 15 is 0 Å². The largest absolute Gasteiger partial charge is 0.394 e. The van der Waals surface area contributed by atoms with E-state index in [0.717, 1.165) is 0 Å². The van der Waals surface area contributed by atoms with Crippen molar-refractivity contribution in [2.45, 2.75) is 0 Å². The van der Waals surface area contributed by atoms with Crippen LogP contribution in [0.1, 0.15) is 0 Å². The van der Waals surface area contributed by atoms with Crippen LogP contribution in [-0.4, -0.2) is 17.5 Å². The molecule has 0 bridgehead atoms. The fourth-order valence-corrected chi connectivity index (χ4v) is 0. The van der Waals surface area contributed by atoms with Gasteiger partial charge in [0.15, 0.2) is 0 Å². The van der Waals surface area contributed by atoms with E-state index in [1.54, 1.807) is 0 Å². The third-order valence-corrected chi connectivity index (χ3v) is 0. The summed E-state index contributed by atoms with van der Waals surface area (Å²) in [5, 5.41) is 0. The Balaban J connectivity index is -0.0000000800. The molecule has 0 heterocycles. The monoisotopic (exact) mass is 170 g/mol. The van der Waals surface area contributed by atoms with Crippen molar-refractivity contribution in [3.05, 3.63) is 0 Å². The molecule has 0 aromatic carbocycles. The van der Waals surface area contributed by atoms with Crippen LogP contribution >= 0.6 is 0 Å². The second-order valence-corrected chi connectivity index (χ2v) is 1.34. The Labute approximate surface area is 51.7 Å². The van der Waals surface area contributed by atoms with Crippen LogP contribution in [0.2, 0.25) is 0 Å². The van der Waals surface area contributed by atoms with Crippen molar-refractivity contribution in [2.24, 2.45) is 0 Å². The van der Waals surface area contributed by atoms with Gasteiger partial charge >= 0.3 is 10.4 Å². The minimum atomic E-state index is -4.67. The van der Waals surface area contributed by atoms with Crippen molar-refractivity contribution < 1.29 is 34.6 Å². The van der Waals surface area contributed by atoms with E-state index in [-0.39, 0.29) is 23.2 Å². The molecule has 0 atom stereocenters. The fraction of sp³-hybridized carbons (Fsp3) is 0. The normalized spacial score (nSPS) is 8.29. The van der Waals surface area contributed by atoms with E-state index < -0.39 is 10.4 Å². The van der Waals surface area contributed by atoms with Crippen LogP contribution in [0.3, 0.4) is 0 Å². The third-order valence-electron chi connectivity index (χ3n) is 0. The SMILES string of the molecule is N.O=S(=O)(O)O.[Mn]. The van der Waals surface area contributed by atoms with Gasteiger partial charge in [0.05, 0.1) is 0 Å². The van der Waals surface area contributed by atoms with E-state index in [0.29, 0.717) is 0 Å². The molecule has 5 N–H and O–H groups in total. The van der Waals surface area contributed by atoms with Crippen LogP contribution < -0.4 is 6.15 Å². The molecular formula is H5MnNO4S. The predicted molar refractivity (Wildman–Crippen MR) is 19.2 cm³/mol. The molecule has 0 aromatic rings. The van der Waals surface area contributed by atoms with Crippen LogP contribution in [0.15, 0.2) is 0 Å². The second-order valence-electron chi connectivity index (χ2n) is 0.448. The molecule has 0 aliphatic heterocycles. The molecule has 7 heavy (non-hydrogen) atoms. The van der Waals surface area contributed by atoms with Gasteiger partial charge in [-0.3, -0.25) is 9.11 Å². The average molecular weight is 170 g/mol. The van der Waals surface area contributed by atoms with E-state index in [9.17, 15) is 0 Å². The summed E-state index contributed by atoms with van der Waals surface area (Å²) in [6, 6.07) is 0. The molecule has 1 radical (unpaired) electrons. The maximum absolute atomic E-state index is 8.74. The zero-order valence-electron chi connectivity index (χ0n) is 3.20. The minimum absolute atomic E-state index is 0. The second kappa shape index (κ2) is 4.51. The van der Waals surface area contributed by atoms with Crippen molar-refractivity contribution in [3.8, 4) is 0 Å². The molecule has 5 nitrogen and oxygen atoms in total. The molecular weight excluding hydrogens is 165 g/mol. The van der Waals surface area contributed by atoms with Crippen LogP contribution in [0.4, 0.5) is 0 Å². The van der Waals surface area contributed by atoms with E-state index in [1.807, 2.05) is 0 Å². The van der Waals surface area contributed by atoms with Gasteiger partial charge in [-0.25, -0.2) is 0 Å². The smallest absolute Gasteiger partial charge is 0.344 e. The Bertz CT molecular complexity index is 94.9. The summed E-state index contributed by atoms with van der Waals surface area (Å²) in [5.41, 5.74) is 0. The Morgan fingerprint density at radius 3 is 1.14 bits per heavy atom. The summed E-state index contributed by atoms with van der Waals surface area (Å²) >= 11 is 0. The van der Waals surface area contributed by atoms with Crippen LogP contribution in [0.5, 0.6) is 0 Å². The number of hydrogen-bond donors (Lipinski definition) is 3. The van der Waals surface area contributed by atoms with Gasteiger partial charge in [0, 0.05) is 17.1 Å². The Hall–Kier alpha value is 0.349. The Morgan fingerprint density at radius 1 is 1.14 bits per heavy atom. The molecule has 0 saturated heterocycles. The summed E-state index contributed by atoms with van der Waals surface area (Å²) < 4.78 is 31.6. The van der Waals surface area contributed by atoms with Crippen LogP contribution in [0, 0.1) is 0 Å². The molecule has 0 fully saturated rings. The first-order valence-electron chi connectivity index (χ1n) is 0.698. The maximum atomic E-state index is 8.74. The molecule has 0 saturated carbocycles. The molecule has 0 spiro atoms. The molecule has 0 rings (SSSR count). The van der Waals surface area contributed by atoms with E-state index in [1.165, 1.54) is 0 Å². The minimum Gasteiger partial charge on any atom is -0.344 e. The molecule has 0 aliphatic rings. The number of rotatable bonds is 0. The maximum Gasteiger partial charge on any atom is 0.394 e. The van der Waals surface area contributed by atoms with Crippen LogP contribution in [0.25, 0.3) is 0 Å². The van der Waals surface area contributed by atoms with Crippen molar-refractivity contribution >= 4 is 10.4 Å².